The van der Waals surface area contributed by atoms with Crippen molar-refractivity contribution in [2.24, 2.45) is 0 Å². The number of methoxy groups -OCH3 is 1. The minimum absolute atomic E-state index is 0.265. The van der Waals surface area contributed by atoms with Crippen molar-refractivity contribution in [3.63, 3.8) is 0 Å². The van der Waals surface area contributed by atoms with Crippen molar-refractivity contribution in [3.05, 3.63) is 60.2 Å². The van der Waals surface area contributed by atoms with Gasteiger partial charge < -0.3 is 19.9 Å². The van der Waals surface area contributed by atoms with Crippen molar-refractivity contribution in [1.29, 1.82) is 0 Å². The molecule has 2 N–H and O–H groups in total. The van der Waals surface area contributed by atoms with Gasteiger partial charge in [-0.05, 0) is 67.3 Å². The Hall–Kier alpha value is -2.90. The van der Waals surface area contributed by atoms with Crippen molar-refractivity contribution in [2.75, 3.05) is 50.6 Å². The van der Waals surface area contributed by atoms with Crippen LogP contribution in [0.3, 0.4) is 0 Å². The third-order valence-electron chi connectivity index (χ3n) is 4.77. The Morgan fingerprint density at radius 3 is 2.31 bits per heavy atom. The van der Waals surface area contributed by atoms with Gasteiger partial charge in [0.1, 0.15) is 5.75 Å². The number of ether oxygens (including phenoxy) is 1. The lowest BCUT2D eigenvalue weighted by Gasteiger charge is -2.34. The maximum atomic E-state index is 12.1. The summed E-state index contributed by atoms with van der Waals surface area (Å²) in [5.74, 6) is 0.489. The van der Waals surface area contributed by atoms with Crippen LogP contribution in [0.5, 0.6) is 5.75 Å². The van der Waals surface area contributed by atoms with Crippen LogP contribution in [0.2, 0.25) is 0 Å². The molecule has 1 saturated heterocycles. The van der Waals surface area contributed by atoms with Crippen LogP contribution in [0.15, 0.2) is 54.6 Å². The molecule has 6 nitrogen and oxygen atoms in total. The van der Waals surface area contributed by atoms with Crippen LogP contribution in [0.4, 0.5) is 11.4 Å². The molecule has 0 spiro atoms. The molecule has 152 valence electrons. The molecule has 3 rings (SSSR count). The summed E-state index contributed by atoms with van der Waals surface area (Å²) in [6.45, 7) is 4.19. The van der Waals surface area contributed by atoms with Crippen LogP contribution >= 0.6 is 12.2 Å². The number of hydrogen-bond donors (Lipinski definition) is 2. The molecule has 0 bridgehead atoms. The fourth-order valence-corrected chi connectivity index (χ4v) is 3.24. The van der Waals surface area contributed by atoms with Crippen LogP contribution < -0.4 is 20.3 Å². The van der Waals surface area contributed by atoms with E-state index in [0.717, 1.165) is 43.2 Å². The minimum atomic E-state index is -0.285. The average molecular weight is 411 g/mol. The fourth-order valence-electron chi connectivity index (χ4n) is 3.02. The number of amides is 1. The van der Waals surface area contributed by atoms with Gasteiger partial charge in [0.15, 0.2) is 5.11 Å². The predicted molar refractivity (Wildman–Crippen MR) is 123 cm³/mol. The zero-order valence-electron chi connectivity index (χ0n) is 16.7. The first-order valence-electron chi connectivity index (χ1n) is 9.51. The predicted octanol–water partition coefficient (Wildman–Crippen LogP) is 2.97. The van der Waals surface area contributed by atoms with Crippen molar-refractivity contribution in [3.8, 4) is 5.75 Å². The van der Waals surface area contributed by atoms with Gasteiger partial charge in [-0.15, -0.1) is 0 Å². The topological polar surface area (TPSA) is 56.8 Å². The normalized spacial score (nSPS) is 14.6. The lowest BCUT2D eigenvalue weighted by molar-refractivity contribution is -0.115. The number of benzene rings is 2. The molecule has 2 aromatic rings. The second-order valence-electron chi connectivity index (χ2n) is 6.89. The molecular weight excluding hydrogens is 384 g/mol. The van der Waals surface area contributed by atoms with Gasteiger partial charge in [-0.25, -0.2) is 0 Å². The van der Waals surface area contributed by atoms with Gasteiger partial charge in [0.05, 0.1) is 7.11 Å². The molecule has 0 aliphatic carbocycles. The number of likely N-dealkylation sites (N-methyl/N-ethyl adjacent to an activating group) is 1. The van der Waals surface area contributed by atoms with E-state index in [4.69, 9.17) is 17.0 Å². The Labute approximate surface area is 177 Å². The van der Waals surface area contributed by atoms with Crippen molar-refractivity contribution in [1.82, 2.24) is 10.2 Å². The number of carbonyl (C=O) groups excluding carboxylic acids is 1. The highest BCUT2D eigenvalue weighted by Gasteiger charge is 2.14. The number of thiocarbonyl (C=S) groups is 1. The molecule has 1 aliphatic heterocycles. The van der Waals surface area contributed by atoms with E-state index >= 15 is 0 Å². The Morgan fingerprint density at radius 1 is 1.03 bits per heavy atom. The molecule has 1 heterocycles. The number of nitrogens with zero attached hydrogens (tertiary/aromatic N) is 2. The van der Waals surface area contributed by atoms with Crippen molar-refractivity contribution in [2.45, 2.75) is 0 Å². The van der Waals surface area contributed by atoms with E-state index < -0.39 is 0 Å². The zero-order valence-corrected chi connectivity index (χ0v) is 17.5. The minimum Gasteiger partial charge on any atom is -0.497 e. The second-order valence-corrected chi connectivity index (χ2v) is 7.30. The summed E-state index contributed by atoms with van der Waals surface area (Å²) in [7, 11) is 3.76. The Kier molecular flexibility index (Phi) is 7.21. The van der Waals surface area contributed by atoms with Gasteiger partial charge in [0.2, 0.25) is 5.91 Å². The fraction of sp³-hybridized carbons (Fsp3) is 0.273. The number of piperazine rings is 1. The van der Waals surface area contributed by atoms with E-state index in [-0.39, 0.29) is 11.0 Å². The number of carbonyl (C=O) groups is 1. The van der Waals surface area contributed by atoms with Gasteiger partial charge in [-0.3, -0.25) is 10.1 Å². The highest BCUT2D eigenvalue weighted by atomic mass is 32.1. The van der Waals surface area contributed by atoms with Gasteiger partial charge in [-0.2, -0.15) is 0 Å². The zero-order chi connectivity index (χ0) is 20.6. The molecule has 2 aromatic carbocycles. The molecule has 1 fully saturated rings. The largest absolute Gasteiger partial charge is 0.497 e. The summed E-state index contributed by atoms with van der Waals surface area (Å²) in [5.41, 5.74) is 2.94. The molecule has 0 radical (unpaired) electrons. The van der Waals surface area contributed by atoms with Crippen LogP contribution in [0, 0.1) is 0 Å². The number of rotatable bonds is 5. The SMILES string of the molecule is COc1ccc(/C=C/C(=O)NC(=S)Nc2ccc(N3CCN(C)CC3)cc2)cc1. The van der Waals surface area contributed by atoms with Gasteiger partial charge in [0.25, 0.3) is 0 Å². The molecular formula is C22H26N4O2S. The van der Waals surface area contributed by atoms with Gasteiger partial charge >= 0.3 is 0 Å². The maximum Gasteiger partial charge on any atom is 0.250 e. The smallest absolute Gasteiger partial charge is 0.250 e. The number of anilines is 2. The number of nitrogens with one attached hydrogen (secondary N) is 2. The summed E-state index contributed by atoms with van der Waals surface area (Å²) in [4.78, 5) is 16.8. The molecule has 1 aliphatic rings. The molecule has 29 heavy (non-hydrogen) atoms. The lowest BCUT2D eigenvalue weighted by Crippen LogP contribution is -2.44. The van der Waals surface area contributed by atoms with Crippen LogP contribution in [0.25, 0.3) is 6.08 Å². The quantitative estimate of drug-likeness (QED) is 0.584. The average Bonchev–Trinajstić information content (AvgIpc) is 2.74. The highest BCUT2D eigenvalue weighted by Crippen LogP contribution is 2.19. The first-order chi connectivity index (χ1) is 14.0. The monoisotopic (exact) mass is 410 g/mol. The standard InChI is InChI=1S/C22H26N4O2S/c1-25-13-15-26(16-14-25)19-8-6-18(7-9-19)23-22(29)24-21(27)12-5-17-3-10-20(28-2)11-4-17/h3-12H,13-16H2,1-2H3,(H2,23,24,27,29)/b12-5+. The highest BCUT2D eigenvalue weighted by molar-refractivity contribution is 7.80. The van der Waals surface area contributed by atoms with Crippen LogP contribution in [-0.2, 0) is 4.79 Å². The lowest BCUT2D eigenvalue weighted by atomic mass is 10.2. The van der Waals surface area contributed by atoms with E-state index in [1.807, 2.05) is 36.4 Å². The summed E-state index contributed by atoms with van der Waals surface area (Å²) >= 11 is 5.24. The third-order valence-corrected chi connectivity index (χ3v) is 4.98. The molecule has 0 aromatic heterocycles. The third kappa shape index (κ3) is 6.30. The molecule has 1 amide bonds. The van der Waals surface area contributed by atoms with Crippen molar-refractivity contribution >= 4 is 40.7 Å². The van der Waals surface area contributed by atoms with E-state index in [1.165, 1.54) is 11.8 Å². The first-order valence-corrected chi connectivity index (χ1v) is 9.92. The van der Waals surface area contributed by atoms with E-state index in [9.17, 15) is 4.79 Å². The molecule has 0 unspecified atom stereocenters. The summed E-state index contributed by atoms with van der Waals surface area (Å²) < 4.78 is 5.12. The molecule has 7 heteroatoms. The van der Waals surface area contributed by atoms with Gasteiger partial charge in [-0.1, -0.05) is 12.1 Å². The summed E-state index contributed by atoms with van der Waals surface area (Å²) in [6.07, 6.45) is 3.18. The van der Waals surface area contributed by atoms with Crippen LogP contribution in [-0.4, -0.2) is 56.3 Å². The maximum absolute atomic E-state index is 12.1. The first kappa shape index (κ1) is 20.8. The Morgan fingerprint density at radius 2 is 1.69 bits per heavy atom. The molecule has 0 saturated carbocycles. The van der Waals surface area contributed by atoms with Crippen molar-refractivity contribution < 1.29 is 9.53 Å². The summed E-state index contributed by atoms with van der Waals surface area (Å²) in [6, 6.07) is 15.5. The number of hydrogen-bond acceptors (Lipinski definition) is 5. The Balaban J connectivity index is 1.48. The van der Waals surface area contributed by atoms with Crippen LogP contribution in [0.1, 0.15) is 5.56 Å². The van der Waals surface area contributed by atoms with E-state index in [1.54, 1.807) is 13.2 Å². The summed E-state index contributed by atoms with van der Waals surface area (Å²) in [5, 5.41) is 5.97. The van der Waals surface area contributed by atoms with E-state index in [2.05, 4.69) is 39.6 Å². The van der Waals surface area contributed by atoms with Gasteiger partial charge in [0, 0.05) is 43.6 Å². The van der Waals surface area contributed by atoms with E-state index in [0.29, 0.717) is 0 Å². The second kappa shape index (κ2) is 10.0. The molecule has 0 atom stereocenters. The Bertz CT molecular complexity index is 857.